The Labute approximate surface area is 138 Å². The number of halogens is 2. The van der Waals surface area contributed by atoms with Crippen molar-refractivity contribution in [3.63, 3.8) is 0 Å². The van der Waals surface area contributed by atoms with E-state index in [0.29, 0.717) is 10.6 Å². The van der Waals surface area contributed by atoms with Gasteiger partial charge in [-0.15, -0.1) is 0 Å². The summed E-state index contributed by atoms with van der Waals surface area (Å²) in [7, 11) is -3.75. The van der Waals surface area contributed by atoms with Crippen LogP contribution in [-0.2, 0) is 9.84 Å². The smallest absolute Gasteiger partial charge is 0.183 e. The van der Waals surface area contributed by atoms with Crippen LogP contribution >= 0.6 is 11.6 Å². The Hall–Kier alpha value is -1.47. The van der Waals surface area contributed by atoms with E-state index in [1.807, 2.05) is 0 Å². The van der Waals surface area contributed by atoms with Crippen molar-refractivity contribution in [3.05, 3.63) is 64.9 Å². The lowest BCUT2D eigenvalue weighted by Crippen LogP contribution is -2.35. The quantitative estimate of drug-likeness (QED) is 0.880. The third-order valence-corrected chi connectivity index (χ3v) is 6.84. The maximum atomic E-state index is 13.1. The highest BCUT2D eigenvalue weighted by atomic mass is 35.5. The zero-order chi connectivity index (χ0) is 16.8. The molecular weight excluding hydrogens is 341 g/mol. The van der Waals surface area contributed by atoms with Crippen molar-refractivity contribution in [1.82, 2.24) is 0 Å². The summed E-state index contributed by atoms with van der Waals surface area (Å²) < 4.78 is 38.7. The zero-order valence-corrected chi connectivity index (χ0v) is 13.6. The van der Waals surface area contributed by atoms with Gasteiger partial charge in [0.2, 0.25) is 0 Å². The van der Waals surface area contributed by atoms with Crippen LogP contribution in [0.1, 0.15) is 11.5 Å². The minimum absolute atomic E-state index is 0.0970. The molecular formula is C16H15ClFNO3S. The second kappa shape index (κ2) is 5.56. The number of nitrogens with two attached hydrogens (primary N) is 1. The number of hydrogen-bond donors (Lipinski definition) is 2. The molecule has 0 spiro atoms. The molecule has 1 saturated carbocycles. The minimum atomic E-state index is -3.75. The summed E-state index contributed by atoms with van der Waals surface area (Å²) >= 11 is 5.78. The van der Waals surface area contributed by atoms with Crippen molar-refractivity contribution in [1.29, 1.82) is 0 Å². The topological polar surface area (TPSA) is 80.4 Å². The van der Waals surface area contributed by atoms with E-state index in [9.17, 15) is 17.9 Å². The monoisotopic (exact) mass is 355 g/mol. The van der Waals surface area contributed by atoms with Gasteiger partial charge < -0.3 is 10.8 Å². The van der Waals surface area contributed by atoms with Gasteiger partial charge in [0.25, 0.3) is 0 Å². The van der Waals surface area contributed by atoms with Gasteiger partial charge in [-0.1, -0.05) is 23.7 Å². The van der Waals surface area contributed by atoms with E-state index < -0.39 is 39.0 Å². The van der Waals surface area contributed by atoms with Gasteiger partial charge in [-0.25, -0.2) is 12.8 Å². The lowest BCUT2D eigenvalue weighted by molar-refractivity contribution is 0.253. The second-order valence-corrected chi connectivity index (χ2v) is 8.22. The highest BCUT2D eigenvalue weighted by molar-refractivity contribution is 7.92. The zero-order valence-electron chi connectivity index (χ0n) is 12.0. The fourth-order valence-electron chi connectivity index (χ4n) is 3.01. The molecule has 7 heteroatoms. The first kappa shape index (κ1) is 16.4. The Morgan fingerprint density at radius 1 is 1.13 bits per heavy atom. The van der Waals surface area contributed by atoms with Crippen LogP contribution in [0.5, 0.6) is 0 Å². The largest absolute Gasteiger partial charge is 0.394 e. The molecule has 0 heterocycles. The fourth-order valence-corrected chi connectivity index (χ4v) is 5.43. The second-order valence-electron chi connectivity index (χ2n) is 5.72. The number of aliphatic hydroxyl groups is 1. The van der Waals surface area contributed by atoms with Crippen LogP contribution < -0.4 is 5.73 Å². The van der Waals surface area contributed by atoms with Crippen molar-refractivity contribution >= 4 is 21.4 Å². The molecule has 0 aliphatic heterocycles. The lowest BCUT2D eigenvalue weighted by Gasteiger charge is -2.08. The molecule has 0 amide bonds. The molecule has 23 heavy (non-hydrogen) atoms. The fraction of sp³-hybridized carbons (Fsp3) is 0.250. The minimum Gasteiger partial charge on any atom is -0.394 e. The number of hydrogen-bond acceptors (Lipinski definition) is 4. The Morgan fingerprint density at radius 2 is 1.70 bits per heavy atom. The predicted octanol–water partition coefficient (Wildman–Crippen LogP) is 2.11. The summed E-state index contributed by atoms with van der Waals surface area (Å²) in [5, 5.41) is 9.05. The van der Waals surface area contributed by atoms with Gasteiger partial charge in [-0.2, -0.15) is 0 Å². The molecule has 0 bridgehead atoms. The Balaban J connectivity index is 2.01. The van der Waals surface area contributed by atoms with E-state index in [4.69, 9.17) is 17.3 Å². The average molecular weight is 356 g/mol. The van der Waals surface area contributed by atoms with E-state index >= 15 is 0 Å². The SMILES string of the molecule is N[C@@]1(CO)[C@@H](c2ccc(F)cc2)[C@@H]1S(=O)(=O)c1ccc(Cl)cc1. The summed E-state index contributed by atoms with van der Waals surface area (Å²) in [4.78, 5) is 0.0970. The average Bonchev–Trinajstić information content (AvgIpc) is 3.16. The molecule has 3 rings (SSSR count). The van der Waals surface area contributed by atoms with Crippen LogP contribution in [0.2, 0.25) is 5.02 Å². The van der Waals surface area contributed by atoms with Gasteiger partial charge in [0.05, 0.1) is 22.3 Å². The van der Waals surface area contributed by atoms with Gasteiger partial charge in [-0.3, -0.25) is 0 Å². The number of rotatable bonds is 4. The summed E-state index contributed by atoms with van der Waals surface area (Å²) in [6.07, 6.45) is 0. The molecule has 4 nitrogen and oxygen atoms in total. The first-order valence-electron chi connectivity index (χ1n) is 6.95. The molecule has 1 aliphatic carbocycles. The van der Waals surface area contributed by atoms with Gasteiger partial charge in [0.15, 0.2) is 9.84 Å². The molecule has 1 aliphatic rings. The molecule has 2 aromatic carbocycles. The molecule has 0 saturated heterocycles. The summed E-state index contributed by atoms with van der Waals surface area (Å²) in [6, 6.07) is 11.3. The van der Waals surface area contributed by atoms with E-state index in [1.165, 1.54) is 48.5 Å². The van der Waals surface area contributed by atoms with Crippen molar-refractivity contribution in [3.8, 4) is 0 Å². The molecule has 3 atom stereocenters. The molecule has 0 aromatic heterocycles. The van der Waals surface area contributed by atoms with E-state index in [1.54, 1.807) is 0 Å². The van der Waals surface area contributed by atoms with Crippen LogP contribution in [0.3, 0.4) is 0 Å². The predicted molar refractivity (Wildman–Crippen MR) is 85.6 cm³/mol. The third-order valence-electron chi connectivity index (χ3n) is 4.28. The number of aliphatic hydroxyl groups excluding tert-OH is 1. The maximum absolute atomic E-state index is 13.1. The molecule has 0 radical (unpaired) electrons. The summed E-state index contributed by atoms with van der Waals surface area (Å²) in [5.41, 5.74) is 5.42. The third kappa shape index (κ3) is 2.65. The van der Waals surface area contributed by atoms with Crippen LogP contribution in [-0.4, -0.2) is 30.9 Å². The standard InChI is InChI=1S/C16H15ClFNO3S/c17-11-3-7-13(8-4-11)23(21,22)15-14(16(15,19)9-20)10-1-5-12(18)6-2-10/h1-8,14-15,20H,9,19H2/t14-,15-,16-/m0/s1. The molecule has 1 fully saturated rings. The highest BCUT2D eigenvalue weighted by Crippen LogP contribution is 2.55. The lowest BCUT2D eigenvalue weighted by atomic mass is 10.1. The van der Waals surface area contributed by atoms with Gasteiger partial charge in [0, 0.05) is 10.9 Å². The molecule has 2 aromatic rings. The van der Waals surface area contributed by atoms with Gasteiger partial charge in [-0.05, 0) is 42.0 Å². The van der Waals surface area contributed by atoms with Crippen molar-refractivity contribution in [2.45, 2.75) is 21.6 Å². The highest BCUT2D eigenvalue weighted by Gasteiger charge is 2.69. The normalized spacial score (nSPS) is 27.0. The molecule has 122 valence electrons. The summed E-state index contributed by atoms with van der Waals surface area (Å²) in [6.45, 7) is -0.480. The van der Waals surface area contributed by atoms with E-state index in [2.05, 4.69) is 0 Å². The molecule has 3 N–H and O–H groups in total. The van der Waals surface area contributed by atoms with Gasteiger partial charge >= 0.3 is 0 Å². The Morgan fingerprint density at radius 3 is 2.22 bits per heavy atom. The first-order chi connectivity index (χ1) is 10.8. The van der Waals surface area contributed by atoms with E-state index in [0.717, 1.165) is 0 Å². The van der Waals surface area contributed by atoms with Crippen LogP contribution in [0.4, 0.5) is 4.39 Å². The first-order valence-corrected chi connectivity index (χ1v) is 8.88. The van der Waals surface area contributed by atoms with E-state index in [-0.39, 0.29) is 4.90 Å². The maximum Gasteiger partial charge on any atom is 0.183 e. The Kier molecular flexibility index (Phi) is 3.96. The van der Waals surface area contributed by atoms with Crippen LogP contribution in [0.15, 0.2) is 53.4 Å². The number of sulfone groups is 1. The van der Waals surface area contributed by atoms with Crippen molar-refractivity contribution < 1.29 is 17.9 Å². The molecule has 0 unspecified atom stereocenters. The van der Waals surface area contributed by atoms with Crippen LogP contribution in [0, 0.1) is 5.82 Å². The van der Waals surface area contributed by atoms with Crippen molar-refractivity contribution in [2.24, 2.45) is 5.73 Å². The Bertz CT molecular complexity index is 823. The van der Waals surface area contributed by atoms with Crippen LogP contribution in [0.25, 0.3) is 0 Å². The number of benzene rings is 2. The summed E-state index contributed by atoms with van der Waals surface area (Å²) in [5.74, 6) is -1.01. The van der Waals surface area contributed by atoms with Gasteiger partial charge in [0.1, 0.15) is 5.82 Å². The van der Waals surface area contributed by atoms with Crippen molar-refractivity contribution in [2.75, 3.05) is 6.61 Å².